The second-order valence-electron chi connectivity index (χ2n) is 4.35. The minimum atomic E-state index is -0.879. The van der Waals surface area contributed by atoms with E-state index in [0.717, 1.165) is 23.5 Å². The summed E-state index contributed by atoms with van der Waals surface area (Å²) in [4.78, 5) is 12.0. The molecule has 1 unspecified atom stereocenters. The van der Waals surface area contributed by atoms with Gasteiger partial charge in [-0.15, -0.1) is 0 Å². The van der Waals surface area contributed by atoms with Crippen LogP contribution in [0, 0.1) is 0 Å². The summed E-state index contributed by atoms with van der Waals surface area (Å²) < 4.78 is 5.07. The van der Waals surface area contributed by atoms with Crippen LogP contribution in [0.4, 0.5) is 0 Å². The van der Waals surface area contributed by atoms with Gasteiger partial charge in [0.1, 0.15) is 0 Å². The van der Waals surface area contributed by atoms with Gasteiger partial charge in [0.15, 0.2) is 5.54 Å². The molecule has 0 aliphatic carbocycles. The quantitative estimate of drug-likeness (QED) is 0.733. The van der Waals surface area contributed by atoms with Crippen molar-refractivity contribution >= 4 is 5.97 Å². The van der Waals surface area contributed by atoms with Crippen LogP contribution in [0.25, 0.3) is 0 Å². The molecule has 0 fully saturated rings. The van der Waals surface area contributed by atoms with Crippen molar-refractivity contribution in [2.45, 2.75) is 52.0 Å². The molecular formula is C12H21NO3. The summed E-state index contributed by atoms with van der Waals surface area (Å²) in [7, 11) is 0. The highest BCUT2D eigenvalue weighted by atomic mass is 16.6. The Balaban J connectivity index is 2.82. The Hall–Kier alpha value is -1.03. The third kappa shape index (κ3) is 2.38. The molecule has 16 heavy (non-hydrogen) atoms. The maximum absolute atomic E-state index is 12.0. The van der Waals surface area contributed by atoms with Gasteiger partial charge in [0, 0.05) is 12.6 Å². The average Bonchev–Trinajstić information content (AvgIpc) is 2.52. The van der Waals surface area contributed by atoms with Crippen molar-refractivity contribution in [1.29, 1.82) is 0 Å². The highest BCUT2D eigenvalue weighted by Crippen LogP contribution is 2.35. The first kappa shape index (κ1) is 13.0. The molecule has 1 heterocycles. The molecule has 1 rings (SSSR count). The number of rotatable bonds is 5. The number of carbonyl (C=O) groups excluding carboxylic acids is 1. The lowest BCUT2D eigenvalue weighted by Crippen LogP contribution is -2.49. The van der Waals surface area contributed by atoms with Crippen LogP contribution in [0.1, 0.15) is 46.5 Å². The number of ether oxygens (including phenoxy) is 1. The first-order valence-corrected chi connectivity index (χ1v) is 5.89. The first-order valence-electron chi connectivity index (χ1n) is 5.89. The van der Waals surface area contributed by atoms with E-state index in [-0.39, 0.29) is 5.97 Å². The predicted octanol–water partition coefficient (Wildman–Crippen LogP) is 2.48. The van der Waals surface area contributed by atoms with Crippen LogP contribution in [0.3, 0.4) is 0 Å². The number of esters is 1. The molecule has 0 bridgehead atoms. The summed E-state index contributed by atoms with van der Waals surface area (Å²) >= 11 is 0. The van der Waals surface area contributed by atoms with Gasteiger partial charge in [-0.2, -0.15) is 0 Å². The van der Waals surface area contributed by atoms with E-state index in [9.17, 15) is 10.0 Å². The first-order chi connectivity index (χ1) is 7.56. The minimum Gasteiger partial charge on any atom is -0.464 e. The molecule has 0 saturated heterocycles. The van der Waals surface area contributed by atoms with Crippen molar-refractivity contribution < 1.29 is 14.7 Å². The van der Waals surface area contributed by atoms with Crippen LogP contribution in [0.5, 0.6) is 0 Å². The summed E-state index contributed by atoms with van der Waals surface area (Å²) in [6.45, 7) is 6.11. The SMILES string of the molecule is CCCCC1(C(=O)OCC)CC(C)=CN1O. The Morgan fingerprint density at radius 1 is 1.62 bits per heavy atom. The van der Waals surface area contributed by atoms with Crippen molar-refractivity contribution in [3.05, 3.63) is 11.8 Å². The lowest BCUT2D eigenvalue weighted by atomic mass is 9.89. The Morgan fingerprint density at radius 2 is 2.31 bits per heavy atom. The number of hydrogen-bond acceptors (Lipinski definition) is 4. The summed E-state index contributed by atoms with van der Waals surface area (Å²) in [6.07, 6.45) is 4.70. The fourth-order valence-electron chi connectivity index (χ4n) is 2.13. The van der Waals surface area contributed by atoms with E-state index >= 15 is 0 Å². The molecule has 1 aliphatic rings. The van der Waals surface area contributed by atoms with E-state index < -0.39 is 5.54 Å². The molecule has 0 saturated carbocycles. The average molecular weight is 227 g/mol. The number of hydroxylamine groups is 2. The van der Waals surface area contributed by atoms with Gasteiger partial charge in [-0.1, -0.05) is 25.3 Å². The number of hydrogen-bond donors (Lipinski definition) is 1. The fraction of sp³-hybridized carbons (Fsp3) is 0.750. The van der Waals surface area contributed by atoms with Crippen LogP contribution < -0.4 is 0 Å². The topological polar surface area (TPSA) is 49.8 Å². The molecule has 0 aromatic heterocycles. The van der Waals surface area contributed by atoms with Gasteiger partial charge in [0.2, 0.25) is 0 Å². The van der Waals surface area contributed by atoms with Crippen LogP contribution >= 0.6 is 0 Å². The Labute approximate surface area is 96.8 Å². The molecule has 4 nitrogen and oxygen atoms in total. The van der Waals surface area contributed by atoms with E-state index in [0.29, 0.717) is 19.4 Å². The van der Waals surface area contributed by atoms with Crippen LogP contribution in [-0.4, -0.2) is 28.4 Å². The normalized spacial score (nSPS) is 24.5. The molecule has 0 spiro atoms. The molecular weight excluding hydrogens is 206 g/mol. The summed E-state index contributed by atoms with van der Waals surface area (Å²) in [5.41, 5.74) is 0.127. The van der Waals surface area contributed by atoms with Gasteiger partial charge >= 0.3 is 5.97 Å². The zero-order valence-electron chi connectivity index (χ0n) is 10.3. The van der Waals surface area contributed by atoms with Gasteiger partial charge < -0.3 is 4.74 Å². The largest absolute Gasteiger partial charge is 0.464 e. The molecule has 4 heteroatoms. The highest BCUT2D eigenvalue weighted by Gasteiger charge is 2.47. The van der Waals surface area contributed by atoms with E-state index in [1.165, 1.54) is 0 Å². The second-order valence-corrected chi connectivity index (χ2v) is 4.35. The van der Waals surface area contributed by atoms with Gasteiger partial charge in [0.25, 0.3) is 0 Å². The van der Waals surface area contributed by atoms with Gasteiger partial charge in [-0.05, 0) is 20.3 Å². The van der Waals surface area contributed by atoms with Crippen molar-refractivity contribution in [3.8, 4) is 0 Å². The third-order valence-corrected chi connectivity index (χ3v) is 2.95. The lowest BCUT2D eigenvalue weighted by Gasteiger charge is -2.32. The van der Waals surface area contributed by atoms with Crippen LogP contribution in [-0.2, 0) is 9.53 Å². The zero-order chi connectivity index (χ0) is 12.2. The lowest BCUT2D eigenvalue weighted by molar-refractivity contribution is -0.181. The van der Waals surface area contributed by atoms with Crippen molar-refractivity contribution in [3.63, 3.8) is 0 Å². The number of nitrogens with zero attached hydrogens (tertiary/aromatic N) is 1. The molecule has 0 aromatic carbocycles. The van der Waals surface area contributed by atoms with Gasteiger partial charge in [-0.3, -0.25) is 5.21 Å². The van der Waals surface area contributed by atoms with Crippen molar-refractivity contribution in [2.75, 3.05) is 6.61 Å². The standard InChI is InChI=1S/C12H21NO3/c1-4-6-7-12(11(14)16-5-2)8-10(3)9-13(12)15/h9,15H,4-8H2,1-3H3. The van der Waals surface area contributed by atoms with E-state index in [1.54, 1.807) is 13.1 Å². The van der Waals surface area contributed by atoms with E-state index in [4.69, 9.17) is 4.74 Å². The molecule has 0 radical (unpaired) electrons. The van der Waals surface area contributed by atoms with Crippen molar-refractivity contribution in [1.82, 2.24) is 5.06 Å². The van der Waals surface area contributed by atoms with Gasteiger partial charge in [0.05, 0.1) is 6.61 Å². The smallest absolute Gasteiger partial charge is 0.334 e. The molecule has 0 aromatic rings. The fourth-order valence-corrected chi connectivity index (χ4v) is 2.13. The Kier molecular flexibility index (Phi) is 4.35. The maximum Gasteiger partial charge on any atom is 0.334 e. The zero-order valence-corrected chi connectivity index (χ0v) is 10.3. The second kappa shape index (κ2) is 5.34. The summed E-state index contributed by atoms with van der Waals surface area (Å²) in [5.74, 6) is -0.320. The monoisotopic (exact) mass is 227 g/mol. The molecule has 0 amide bonds. The summed E-state index contributed by atoms with van der Waals surface area (Å²) in [6, 6.07) is 0. The minimum absolute atomic E-state index is 0.320. The Bertz CT molecular complexity index is 288. The molecule has 1 N–H and O–H groups in total. The molecule has 92 valence electrons. The predicted molar refractivity (Wildman–Crippen MR) is 60.9 cm³/mol. The maximum atomic E-state index is 12.0. The van der Waals surface area contributed by atoms with Crippen LogP contribution in [0.2, 0.25) is 0 Å². The Morgan fingerprint density at radius 3 is 2.75 bits per heavy atom. The van der Waals surface area contributed by atoms with Crippen molar-refractivity contribution in [2.24, 2.45) is 0 Å². The van der Waals surface area contributed by atoms with E-state index in [1.807, 2.05) is 6.92 Å². The highest BCUT2D eigenvalue weighted by molar-refractivity contribution is 5.82. The molecule has 1 aliphatic heterocycles. The molecule has 1 atom stereocenters. The third-order valence-electron chi connectivity index (χ3n) is 2.95. The summed E-state index contributed by atoms with van der Waals surface area (Å²) in [5, 5.41) is 10.9. The van der Waals surface area contributed by atoms with Gasteiger partial charge in [-0.25, -0.2) is 9.86 Å². The van der Waals surface area contributed by atoms with E-state index in [2.05, 4.69) is 6.92 Å². The number of carbonyl (C=O) groups is 1. The van der Waals surface area contributed by atoms with Crippen LogP contribution in [0.15, 0.2) is 11.8 Å². The number of unbranched alkanes of at least 4 members (excludes halogenated alkanes) is 1.